The molecule has 10 heteroatoms. The molecule has 2 aliphatic rings. The standard InChI is InChI=1S/C32H37BrClN5O3/c1-3-42-26-11-8-24-19-27(32(34)36-28(24)20-26)30-21-29(23-6-9-25(33)10-7-23)37-39(30)31(40)12-5-22(2)35-13-4-14-38-15-17-41-18-16-38/h6-11,19-20,30,35H,2-5,12-18,21H2,1H3. The zero-order valence-corrected chi connectivity index (χ0v) is 26.3. The number of hydrogen-bond acceptors (Lipinski definition) is 7. The molecule has 0 aliphatic carbocycles. The van der Waals surface area contributed by atoms with Gasteiger partial charge in [-0.05, 0) is 62.2 Å². The van der Waals surface area contributed by atoms with Crippen LogP contribution in [0.2, 0.25) is 5.15 Å². The van der Waals surface area contributed by atoms with Crippen molar-refractivity contribution in [2.75, 3.05) is 46.0 Å². The number of morpholine rings is 1. The van der Waals surface area contributed by atoms with Gasteiger partial charge in [-0.3, -0.25) is 9.69 Å². The number of ether oxygens (including phenoxy) is 2. The maximum absolute atomic E-state index is 13.6. The third kappa shape index (κ3) is 7.69. The van der Waals surface area contributed by atoms with Crippen molar-refractivity contribution in [1.82, 2.24) is 20.2 Å². The van der Waals surface area contributed by atoms with Gasteiger partial charge in [0.15, 0.2) is 0 Å². The number of allylic oxidation sites excluding steroid dienone is 1. The molecule has 2 aromatic carbocycles. The van der Waals surface area contributed by atoms with Crippen LogP contribution in [0.5, 0.6) is 5.75 Å². The molecule has 8 nitrogen and oxygen atoms in total. The fourth-order valence-corrected chi connectivity index (χ4v) is 5.82. The Morgan fingerprint density at radius 3 is 2.71 bits per heavy atom. The number of amides is 1. The van der Waals surface area contributed by atoms with Gasteiger partial charge in [0.1, 0.15) is 10.9 Å². The van der Waals surface area contributed by atoms with Gasteiger partial charge in [-0.1, -0.05) is 46.2 Å². The summed E-state index contributed by atoms with van der Waals surface area (Å²) in [5.74, 6) is 0.668. The number of hydrogen-bond donors (Lipinski definition) is 1. The van der Waals surface area contributed by atoms with E-state index in [9.17, 15) is 4.79 Å². The highest BCUT2D eigenvalue weighted by molar-refractivity contribution is 9.10. The molecule has 0 bridgehead atoms. The molecule has 5 rings (SSSR count). The lowest BCUT2D eigenvalue weighted by Gasteiger charge is -2.26. The predicted octanol–water partition coefficient (Wildman–Crippen LogP) is 6.33. The van der Waals surface area contributed by atoms with Crippen LogP contribution in [0.1, 0.15) is 49.8 Å². The second-order valence-corrected chi connectivity index (χ2v) is 11.8. The zero-order chi connectivity index (χ0) is 29.5. The first-order valence-electron chi connectivity index (χ1n) is 14.5. The van der Waals surface area contributed by atoms with Crippen LogP contribution >= 0.6 is 27.5 Å². The number of benzene rings is 2. The molecule has 222 valence electrons. The molecular weight excluding hydrogens is 618 g/mol. The number of pyridine rings is 1. The summed E-state index contributed by atoms with van der Waals surface area (Å²) < 4.78 is 12.0. The zero-order valence-electron chi connectivity index (χ0n) is 24.0. The lowest BCUT2D eigenvalue weighted by atomic mass is 9.98. The molecule has 1 unspecified atom stereocenters. The summed E-state index contributed by atoms with van der Waals surface area (Å²) >= 11 is 10.3. The van der Waals surface area contributed by atoms with E-state index in [1.807, 2.05) is 55.5 Å². The molecule has 1 fully saturated rings. The number of aromatic nitrogens is 1. The van der Waals surface area contributed by atoms with Crippen LogP contribution in [-0.4, -0.2) is 72.5 Å². The van der Waals surface area contributed by atoms with Crippen molar-refractivity contribution in [3.05, 3.63) is 81.6 Å². The Labute approximate surface area is 260 Å². The monoisotopic (exact) mass is 653 g/mol. The van der Waals surface area contributed by atoms with Crippen LogP contribution in [0, 0.1) is 0 Å². The van der Waals surface area contributed by atoms with E-state index in [4.69, 9.17) is 26.2 Å². The van der Waals surface area contributed by atoms with E-state index in [0.29, 0.717) is 31.0 Å². The van der Waals surface area contributed by atoms with E-state index in [-0.39, 0.29) is 11.9 Å². The van der Waals surface area contributed by atoms with Crippen LogP contribution in [0.3, 0.4) is 0 Å². The van der Waals surface area contributed by atoms with E-state index in [2.05, 4.69) is 37.7 Å². The minimum atomic E-state index is -0.359. The summed E-state index contributed by atoms with van der Waals surface area (Å²) in [4.78, 5) is 20.7. The number of nitrogens with zero attached hydrogens (tertiary/aromatic N) is 4. The highest BCUT2D eigenvalue weighted by atomic mass is 79.9. The smallest absolute Gasteiger partial charge is 0.243 e. The van der Waals surface area contributed by atoms with E-state index in [1.54, 1.807) is 5.01 Å². The summed E-state index contributed by atoms with van der Waals surface area (Å²) in [5.41, 5.74) is 4.18. The second kappa shape index (κ2) is 14.5. The molecule has 1 N–H and O–H groups in total. The molecule has 1 amide bonds. The average Bonchev–Trinajstić information content (AvgIpc) is 3.44. The SMILES string of the molecule is C=C(CCC(=O)N1N=C(c2ccc(Br)cc2)CC1c1cc2ccc(OCC)cc2nc1Cl)NCCCN1CCOCC1. The van der Waals surface area contributed by atoms with Gasteiger partial charge in [-0.15, -0.1) is 0 Å². The van der Waals surface area contributed by atoms with Crippen molar-refractivity contribution in [3.63, 3.8) is 0 Å². The van der Waals surface area contributed by atoms with E-state index in [0.717, 1.165) is 89.5 Å². The molecule has 0 saturated carbocycles. The maximum atomic E-state index is 13.6. The largest absolute Gasteiger partial charge is 0.494 e. The van der Waals surface area contributed by atoms with Crippen molar-refractivity contribution < 1.29 is 14.3 Å². The van der Waals surface area contributed by atoms with Crippen molar-refractivity contribution in [2.45, 2.75) is 38.6 Å². The Bertz CT molecular complexity index is 1440. The first-order chi connectivity index (χ1) is 20.4. The lowest BCUT2D eigenvalue weighted by Crippen LogP contribution is -2.37. The Hall–Kier alpha value is -2.98. The third-order valence-corrected chi connectivity index (χ3v) is 8.38. The van der Waals surface area contributed by atoms with Crippen LogP contribution in [0.15, 0.2) is 70.4 Å². The summed E-state index contributed by atoms with van der Waals surface area (Å²) in [6, 6.07) is 15.4. The van der Waals surface area contributed by atoms with Gasteiger partial charge in [0.05, 0.1) is 37.1 Å². The summed E-state index contributed by atoms with van der Waals surface area (Å²) in [5, 5.41) is 11.1. The second-order valence-electron chi connectivity index (χ2n) is 10.5. The quantitative estimate of drug-likeness (QED) is 0.182. The molecular formula is C32H37BrClN5O3. The molecule has 1 aromatic heterocycles. The molecule has 42 heavy (non-hydrogen) atoms. The average molecular weight is 655 g/mol. The van der Waals surface area contributed by atoms with Crippen molar-refractivity contribution in [1.29, 1.82) is 0 Å². The number of carbonyl (C=O) groups excluding carboxylic acids is 1. The van der Waals surface area contributed by atoms with Crippen molar-refractivity contribution in [3.8, 4) is 5.75 Å². The van der Waals surface area contributed by atoms with Gasteiger partial charge in [-0.2, -0.15) is 5.10 Å². The van der Waals surface area contributed by atoms with E-state index >= 15 is 0 Å². The Kier molecular flexibility index (Phi) is 10.5. The van der Waals surface area contributed by atoms with Crippen molar-refractivity contribution >= 4 is 50.1 Å². The summed E-state index contributed by atoms with van der Waals surface area (Å²) in [7, 11) is 0. The Balaban J connectivity index is 1.28. The fraction of sp³-hybridized carbons (Fsp3) is 0.406. The van der Waals surface area contributed by atoms with Gasteiger partial charge in [0, 0.05) is 59.7 Å². The fourth-order valence-electron chi connectivity index (χ4n) is 5.28. The number of fused-ring (bicyclic) bond motifs is 1. The molecule has 3 heterocycles. The normalized spacial score (nSPS) is 17.4. The molecule has 2 aliphatic heterocycles. The minimum absolute atomic E-state index is 0.0776. The summed E-state index contributed by atoms with van der Waals surface area (Å²) in [6.45, 7) is 12.1. The van der Waals surface area contributed by atoms with E-state index < -0.39 is 0 Å². The molecule has 0 radical (unpaired) electrons. The lowest BCUT2D eigenvalue weighted by molar-refractivity contribution is -0.133. The number of hydrazone groups is 1. The van der Waals surface area contributed by atoms with Crippen molar-refractivity contribution in [2.24, 2.45) is 5.10 Å². The minimum Gasteiger partial charge on any atom is -0.494 e. The topological polar surface area (TPSA) is 79.3 Å². The molecule has 3 aromatic rings. The maximum Gasteiger partial charge on any atom is 0.243 e. The van der Waals surface area contributed by atoms with Gasteiger partial charge in [-0.25, -0.2) is 9.99 Å². The third-order valence-electron chi connectivity index (χ3n) is 7.55. The molecule has 1 saturated heterocycles. The van der Waals surface area contributed by atoms with Gasteiger partial charge in [0.25, 0.3) is 0 Å². The van der Waals surface area contributed by atoms with Gasteiger partial charge in [0.2, 0.25) is 5.91 Å². The summed E-state index contributed by atoms with van der Waals surface area (Å²) in [6.07, 6.45) is 2.38. The van der Waals surface area contributed by atoms with Gasteiger partial charge >= 0.3 is 0 Å². The first-order valence-corrected chi connectivity index (χ1v) is 15.7. The number of halogens is 2. The highest BCUT2D eigenvalue weighted by Crippen LogP contribution is 2.38. The van der Waals surface area contributed by atoms with E-state index in [1.165, 1.54) is 0 Å². The molecule has 1 atom stereocenters. The van der Waals surface area contributed by atoms with Crippen LogP contribution in [0.4, 0.5) is 0 Å². The Morgan fingerprint density at radius 1 is 1.17 bits per heavy atom. The van der Waals surface area contributed by atoms with Crippen LogP contribution in [0.25, 0.3) is 10.9 Å². The predicted molar refractivity (Wildman–Crippen MR) is 171 cm³/mol. The van der Waals surface area contributed by atoms with Gasteiger partial charge < -0.3 is 14.8 Å². The number of carbonyl (C=O) groups is 1. The first kappa shape index (κ1) is 30.5. The highest BCUT2D eigenvalue weighted by Gasteiger charge is 2.34. The molecule has 0 spiro atoms. The van der Waals surface area contributed by atoms with Crippen LogP contribution in [-0.2, 0) is 9.53 Å². The number of nitrogens with one attached hydrogen (secondary N) is 1. The van der Waals surface area contributed by atoms with Crippen LogP contribution < -0.4 is 10.1 Å². The Morgan fingerprint density at radius 2 is 1.95 bits per heavy atom. The number of rotatable bonds is 12.